The number of amides is 1. The lowest BCUT2D eigenvalue weighted by Gasteiger charge is -2.43. The lowest BCUT2D eigenvalue weighted by atomic mass is 9.75. The topological polar surface area (TPSA) is 41.6 Å². The predicted octanol–water partition coefficient (Wildman–Crippen LogP) is 4.11. The van der Waals surface area contributed by atoms with E-state index in [1.165, 1.54) is 23.3 Å². The minimum absolute atomic E-state index is 0.0354. The Morgan fingerprint density at radius 1 is 1.23 bits per heavy atom. The van der Waals surface area contributed by atoms with Gasteiger partial charge in [0.2, 0.25) is 5.91 Å². The van der Waals surface area contributed by atoms with Gasteiger partial charge in [-0.25, -0.2) is 8.78 Å². The highest BCUT2D eigenvalue weighted by molar-refractivity contribution is 5.82. The first kappa shape index (κ1) is 20.6. The number of rotatable bonds is 4. The molecule has 2 aromatic carbocycles. The van der Waals surface area contributed by atoms with Crippen LogP contribution in [0, 0.1) is 31.4 Å². The maximum Gasteiger partial charge on any atom is 0.230 e. The summed E-state index contributed by atoms with van der Waals surface area (Å²) in [7, 11) is 0. The molecule has 2 aromatic rings. The molecular formula is C25H28F2N2O2. The number of ether oxygens (including phenoxy) is 1. The first-order chi connectivity index (χ1) is 14.9. The van der Waals surface area contributed by atoms with Gasteiger partial charge in [-0.05, 0) is 79.6 Å². The van der Waals surface area contributed by atoms with Gasteiger partial charge in [-0.15, -0.1) is 0 Å². The average molecular weight is 427 g/mol. The number of piperidine rings is 1. The number of aryl methyl sites for hydroxylation is 1. The minimum atomic E-state index is -0.902. The molecule has 0 bridgehead atoms. The molecule has 2 aliphatic heterocycles. The maximum atomic E-state index is 14.2. The molecule has 0 aromatic heterocycles. The van der Waals surface area contributed by atoms with Crippen LogP contribution in [0.2, 0.25) is 0 Å². The molecule has 164 valence electrons. The third-order valence-corrected chi connectivity index (χ3v) is 7.30. The molecule has 2 atom stereocenters. The molecular weight excluding hydrogens is 398 g/mol. The van der Waals surface area contributed by atoms with Gasteiger partial charge in [-0.3, -0.25) is 4.79 Å². The van der Waals surface area contributed by atoms with Crippen LogP contribution in [0.1, 0.15) is 47.1 Å². The molecule has 6 heteroatoms. The van der Waals surface area contributed by atoms with Crippen molar-refractivity contribution < 1.29 is 18.3 Å². The van der Waals surface area contributed by atoms with E-state index in [2.05, 4.69) is 31.3 Å². The Morgan fingerprint density at radius 3 is 2.77 bits per heavy atom. The van der Waals surface area contributed by atoms with Gasteiger partial charge in [0, 0.05) is 19.1 Å². The van der Waals surface area contributed by atoms with E-state index in [9.17, 15) is 13.6 Å². The van der Waals surface area contributed by atoms with E-state index in [-0.39, 0.29) is 18.6 Å². The highest BCUT2D eigenvalue weighted by atomic mass is 19.2. The normalized spacial score (nSPS) is 25.0. The SMILES string of the molecule is Cc1cccc(CN(C(=O)C2CNCC[C@@]23OCc2cc(F)c(F)cc23)C2CC2)c1C. The smallest absolute Gasteiger partial charge is 0.230 e. The molecule has 1 saturated carbocycles. The molecule has 1 unspecified atom stereocenters. The summed E-state index contributed by atoms with van der Waals surface area (Å²) in [5, 5.41) is 3.33. The summed E-state index contributed by atoms with van der Waals surface area (Å²) in [6, 6.07) is 8.90. The molecule has 1 spiro atoms. The molecule has 3 aliphatic rings. The van der Waals surface area contributed by atoms with Crippen molar-refractivity contribution in [2.24, 2.45) is 5.92 Å². The largest absolute Gasteiger partial charge is 0.365 e. The van der Waals surface area contributed by atoms with Crippen LogP contribution in [0.5, 0.6) is 0 Å². The summed E-state index contributed by atoms with van der Waals surface area (Å²) in [5.41, 5.74) is 3.94. The van der Waals surface area contributed by atoms with Gasteiger partial charge in [0.1, 0.15) is 5.60 Å². The fraction of sp³-hybridized carbons (Fsp3) is 0.480. The highest BCUT2D eigenvalue weighted by Crippen LogP contribution is 2.48. The van der Waals surface area contributed by atoms with E-state index in [4.69, 9.17) is 4.74 Å². The molecule has 31 heavy (non-hydrogen) atoms. The number of halogens is 2. The third kappa shape index (κ3) is 3.46. The molecule has 1 saturated heterocycles. The quantitative estimate of drug-likeness (QED) is 0.800. The summed E-state index contributed by atoms with van der Waals surface area (Å²) < 4.78 is 34.2. The number of hydrogen-bond donors (Lipinski definition) is 1. The summed E-state index contributed by atoms with van der Waals surface area (Å²) in [6.45, 7) is 6.08. The summed E-state index contributed by atoms with van der Waals surface area (Å²) in [6.07, 6.45) is 2.56. The predicted molar refractivity (Wildman–Crippen MR) is 113 cm³/mol. The first-order valence-electron chi connectivity index (χ1n) is 11.1. The fourth-order valence-corrected chi connectivity index (χ4v) is 5.17. The van der Waals surface area contributed by atoms with Crippen molar-refractivity contribution in [1.29, 1.82) is 0 Å². The van der Waals surface area contributed by atoms with Crippen molar-refractivity contribution in [3.8, 4) is 0 Å². The second kappa shape index (κ2) is 7.68. The fourth-order valence-electron chi connectivity index (χ4n) is 5.17. The number of fused-ring (bicyclic) bond motifs is 2. The van der Waals surface area contributed by atoms with Crippen LogP contribution in [-0.4, -0.2) is 29.9 Å². The van der Waals surface area contributed by atoms with Crippen molar-refractivity contribution in [2.45, 2.75) is 57.9 Å². The number of carbonyl (C=O) groups is 1. The van der Waals surface area contributed by atoms with Gasteiger partial charge >= 0.3 is 0 Å². The van der Waals surface area contributed by atoms with E-state index in [0.29, 0.717) is 37.2 Å². The summed E-state index contributed by atoms with van der Waals surface area (Å²) in [5.74, 6) is -2.19. The average Bonchev–Trinajstić information content (AvgIpc) is 3.55. The zero-order chi connectivity index (χ0) is 21.8. The van der Waals surface area contributed by atoms with Gasteiger partial charge < -0.3 is 15.0 Å². The van der Waals surface area contributed by atoms with Crippen LogP contribution >= 0.6 is 0 Å². The number of hydrogen-bond acceptors (Lipinski definition) is 3. The molecule has 4 nitrogen and oxygen atoms in total. The molecule has 1 amide bonds. The monoisotopic (exact) mass is 426 g/mol. The molecule has 1 aliphatic carbocycles. The van der Waals surface area contributed by atoms with Gasteiger partial charge in [0.05, 0.1) is 12.5 Å². The van der Waals surface area contributed by atoms with Crippen molar-refractivity contribution in [1.82, 2.24) is 10.2 Å². The van der Waals surface area contributed by atoms with E-state index >= 15 is 0 Å². The lowest BCUT2D eigenvalue weighted by Crippen LogP contribution is -2.55. The minimum Gasteiger partial charge on any atom is -0.365 e. The van der Waals surface area contributed by atoms with E-state index < -0.39 is 23.2 Å². The Balaban J connectivity index is 1.50. The Morgan fingerprint density at radius 2 is 2.00 bits per heavy atom. The van der Waals surface area contributed by atoms with Crippen LogP contribution in [0.4, 0.5) is 8.78 Å². The number of nitrogens with zero attached hydrogens (tertiary/aromatic N) is 1. The second-order valence-electron chi connectivity index (χ2n) is 9.16. The summed E-state index contributed by atoms with van der Waals surface area (Å²) >= 11 is 0. The van der Waals surface area contributed by atoms with Crippen molar-refractivity contribution in [2.75, 3.05) is 13.1 Å². The van der Waals surface area contributed by atoms with E-state index in [1.807, 2.05) is 11.0 Å². The molecule has 0 radical (unpaired) electrons. The Kier molecular flexibility index (Phi) is 5.10. The number of nitrogens with one attached hydrogen (secondary N) is 1. The van der Waals surface area contributed by atoms with Gasteiger partial charge in [-0.1, -0.05) is 18.2 Å². The standard InChI is InChI=1S/C25H28F2N2O2/c1-15-4-3-5-17(16(15)2)13-29(19-6-7-19)24(30)21-12-28-9-8-25(21)20-11-23(27)22(26)10-18(20)14-31-25/h3-5,10-11,19,21,28H,6-9,12-14H2,1-2H3/t21?,25-/m0/s1. The zero-order valence-corrected chi connectivity index (χ0v) is 18.0. The van der Waals surface area contributed by atoms with E-state index in [0.717, 1.165) is 18.4 Å². The number of carbonyl (C=O) groups excluding carboxylic acids is 1. The number of benzene rings is 2. The lowest BCUT2D eigenvalue weighted by molar-refractivity contribution is -0.157. The van der Waals surface area contributed by atoms with Crippen molar-refractivity contribution in [3.63, 3.8) is 0 Å². The maximum absolute atomic E-state index is 14.2. The van der Waals surface area contributed by atoms with Crippen LogP contribution in [0.15, 0.2) is 30.3 Å². The van der Waals surface area contributed by atoms with Crippen LogP contribution in [0.25, 0.3) is 0 Å². The van der Waals surface area contributed by atoms with E-state index in [1.54, 1.807) is 0 Å². The van der Waals surface area contributed by atoms with Crippen LogP contribution in [-0.2, 0) is 28.3 Å². The second-order valence-corrected chi connectivity index (χ2v) is 9.16. The zero-order valence-electron chi connectivity index (χ0n) is 18.0. The molecule has 1 N–H and O–H groups in total. The van der Waals surface area contributed by atoms with Gasteiger partial charge in [-0.2, -0.15) is 0 Å². The highest BCUT2D eigenvalue weighted by Gasteiger charge is 2.53. The Hall–Kier alpha value is -2.31. The van der Waals surface area contributed by atoms with Gasteiger partial charge in [0.15, 0.2) is 11.6 Å². The van der Waals surface area contributed by atoms with Crippen LogP contribution < -0.4 is 5.32 Å². The first-order valence-corrected chi connectivity index (χ1v) is 11.1. The molecule has 2 fully saturated rings. The van der Waals surface area contributed by atoms with Gasteiger partial charge in [0.25, 0.3) is 0 Å². The van der Waals surface area contributed by atoms with Crippen molar-refractivity contribution >= 4 is 5.91 Å². The van der Waals surface area contributed by atoms with Crippen LogP contribution in [0.3, 0.4) is 0 Å². The van der Waals surface area contributed by atoms with Crippen molar-refractivity contribution in [3.05, 3.63) is 69.8 Å². The summed E-state index contributed by atoms with van der Waals surface area (Å²) in [4.78, 5) is 15.9. The Labute approximate surface area is 181 Å². The third-order valence-electron chi connectivity index (χ3n) is 7.30. The molecule has 2 heterocycles. The Bertz CT molecular complexity index is 1040. The molecule has 5 rings (SSSR count).